The zero-order valence-corrected chi connectivity index (χ0v) is 14.9. The highest BCUT2D eigenvalue weighted by atomic mass is 19.1. The van der Waals surface area contributed by atoms with Crippen molar-refractivity contribution in [1.82, 2.24) is 4.90 Å². The molecule has 0 radical (unpaired) electrons. The van der Waals surface area contributed by atoms with Gasteiger partial charge in [-0.3, -0.25) is 4.79 Å². The van der Waals surface area contributed by atoms with Crippen LogP contribution in [0.25, 0.3) is 0 Å². The van der Waals surface area contributed by atoms with Crippen molar-refractivity contribution in [3.63, 3.8) is 0 Å². The monoisotopic (exact) mass is 353 g/mol. The van der Waals surface area contributed by atoms with Crippen molar-refractivity contribution in [3.05, 3.63) is 66.0 Å². The first-order chi connectivity index (χ1) is 12.7. The Hall–Kier alpha value is -2.36. The van der Waals surface area contributed by atoms with Crippen LogP contribution in [0.2, 0.25) is 0 Å². The summed E-state index contributed by atoms with van der Waals surface area (Å²) in [4.78, 5) is 15.1. The summed E-state index contributed by atoms with van der Waals surface area (Å²) in [6, 6.07) is 16.6. The molecule has 1 saturated heterocycles. The summed E-state index contributed by atoms with van der Waals surface area (Å²) in [5.41, 5.74) is 0.871. The van der Waals surface area contributed by atoms with E-state index < -0.39 is 0 Å². The maximum atomic E-state index is 13.6. The molecule has 1 aliphatic heterocycles. The number of hydrogen-bond acceptors (Lipinski definition) is 2. The van der Waals surface area contributed by atoms with E-state index in [1.54, 1.807) is 18.2 Å². The van der Waals surface area contributed by atoms with Gasteiger partial charge in [0, 0.05) is 13.1 Å². The summed E-state index contributed by atoms with van der Waals surface area (Å²) in [6.07, 6.45) is 3.74. The smallest absolute Gasteiger partial charge is 0.233 e. The van der Waals surface area contributed by atoms with Gasteiger partial charge in [-0.15, -0.1) is 0 Å². The van der Waals surface area contributed by atoms with Crippen LogP contribution in [0.1, 0.15) is 31.2 Å². The molecule has 1 heterocycles. The van der Waals surface area contributed by atoms with Gasteiger partial charge in [0.2, 0.25) is 5.91 Å². The second-order valence-electron chi connectivity index (χ2n) is 7.42. The molecule has 2 aromatic carbocycles. The lowest BCUT2D eigenvalue weighted by atomic mass is 9.94. The Bertz CT molecular complexity index is 773. The third kappa shape index (κ3) is 3.33. The zero-order valence-electron chi connectivity index (χ0n) is 14.9. The number of hydrogen-bond donors (Lipinski definition) is 0. The van der Waals surface area contributed by atoms with Gasteiger partial charge >= 0.3 is 0 Å². The van der Waals surface area contributed by atoms with Gasteiger partial charge in [0.15, 0.2) is 11.6 Å². The number of carbonyl (C=O) groups is 1. The Balaban J connectivity index is 1.30. The lowest BCUT2D eigenvalue weighted by Gasteiger charge is -2.23. The van der Waals surface area contributed by atoms with Crippen LogP contribution >= 0.6 is 0 Å². The number of likely N-dealkylation sites (tertiary alicyclic amines) is 1. The molecule has 1 unspecified atom stereocenters. The van der Waals surface area contributed by atoms with Gasteiger partial charge in [-0.1, -0.05) is 42.5 Å². The standard InChI is InChI=1S/C22H24FNO2/c23-19-8-4-5-9-20(19)26-15-11-17-10-14-24(16-17)21(25)22(12-13-22)18-6-2-1-3-7-18/h1-9,17H,10-16H2. The number of amides is 1. The van der Waals surface area contributed by atoms with E-state index in [0.717, 1.165) is 44.3 Å². The van der Waals surface area contributed by atoms with Crippen molar-refractivity contribution in [2.24, 2.45) is 5.92 Å². The van der Waals surface area contributed by atoms with Crippen molar-refractivity contribution >= 4 is 5.91 Å². The molecule has 26 heavy (non-hydrogen) atoms. The van der Waals surface area contributed by atoms with Crippen molar-refractivity contribution in [2.45, 2.75) is 31.1 Å². The predicted octanol–water partition coefficient (Wildman–Crippen LogP) is 4.17. The largest absolute Gasteiger partial charge is 0.491 e. The van der Waals surface area contributed by atoms with Crippen LogP contribution in [-0.4, -0.2) is 30.5 Å². The van der Waals surface area contributed by atoms with Crippen molar-refractivity contribution in [3.8, 4) is 5.75 Å². The number of ether oxygens (including phenoxy) is 1. The Labute approximate surface area is 153 Å². The first kappa shape index (κ1) is 17.1. The Morgan fingerprint density at radius 1 is 1.12 bits per heavy atom. The normalized spacial score (nSPS) is 20.8. The molecule has 1 saturated carbocycles. The molecule has 4 rings (SSSR count). The number of halogens is 1. The first-order valence-corrected chi connectivity index (χ1v) is 9.41. The predicted molar refractivity (Wildman–Crippen MR) is 98.6 cm³/mol. The van der Waals surface area contributed by atoms with Gasteiger partial charge in [-0.05, 0) is 49.3 Å². The molecule has 1 atom stereocenters. The van der Waals surface area contributed by atoms with Crippen LogP contribution < -0.4 is 4.74 Å². The van der Waals surface area contributed by atoms with E-state index >= 15 is 0 Å². The summed E-state index contributed by atoms with van der Waals surface area (Å²) >= 11 is 0. The van der Waals surface area contributed by atoms with Crippen molar-refractivity contribution < 1.29 is 13.9 Å². The van der Waals surface area contributed by atoms with E-state index in [9.17, 15) is 9.18 Å². The SMILES string of the molecule is O=C(N1CCC(CCOc2ccccc2F)C1)C1(c2ccccc2)CC1. The summed E-state index contributed by atoms with van der Waals surface area (Å²) in [6.45, 7) is 2.09. The van der Waals surface area contributed by atoms with Gasteiger partial charge in [0.1, 0.15) is 0 Å². The molecule has 4 heteroatoms. The minimum Gasteiger partial charge on any atom is -0.491 e. The molecule has 0 bridgehead atoms. The van der Waals surface area contributed by atoms with Gasteiger partial charge in [0.25, 0.3) is 0 Å². The van der Waals surface area contributed by atoms with E-state index in [4.69, 9.17) is 4.74 Å². The number of nitrogens with zero attached hydrogens (tertiary/aromatic N) is 1. The van der Waals surface area contributed by atoms with Crippen LogP contribution in [0.5, 0.6) is 5.75 Å². The van der Waals surface area contributed by atoms with E-state index in [1.807, 2.05) is 23.1 Å². The van der Waals surface area contributed by atoms with Crippen LogP contribution in [0.4, 0.5) is 4.39 Å². The third-order valence-corrected chi connectivity index (χ3v) is 5.68. The molecule has 1 aliphatic carbocycles. The Morgan fingerprint density at radius 2 is 1.85 bits per heavy atom. The molecule has 2 fully saturated rings. The van der Waals surface area contributed by atoms with Gasteiger partial charge in [-0.25, -0.2) is 4.39 Å². The highest BCUT2D eigenvalue weighted by Crippen LogP contribution is 2.50. The van der Waals surface area contributed by atoms with E-state index in [0.29, 0.717) is 18.3 Å². The average molecular weight is 353 g/mol. The molecular formula is C22H24FNO2. The summed E-state index contributed by atoms with van der Waals surface area (Å²) in [5.74, 6) is 0.687. The second-order valence-corrected chi connectivity index (χ2v) is 7.42. The van der Waals surface area contributed by atoms with Crippen molar-refractivity contribution in [2.75, 3.05) is 19.7 Å². The highest BCUT2D eigenvalue weighted by molar-refractivity contribution is 5.91. The highest BCUT2D eigenvalue weighted by Gasteiger charge is 2.53. The van der Waals surface area contributed by atoms with Gasteiger partial charge in [-0.2, -0.15) is 0 Å². The Morgan fingerprint density at radius 3 is 2.58 bits per heavy atom. The summed E-state index contributed by atoms with van der Waals surface area (Å²) < 4.78 is 19.1. The zero-order chi connectivity index (χ0) is 18.0. The number of carbonyl (C=O) groups excluding carboxylic acids is 1. The van der Waals surface area contributed by atoms with Gasteiger partial charge < -0.3 is 9.64 Å². The lowest BCUT2D eigenvalue weighted by molar-refractivity contribution is -0.133. The summed E-state index contributed by atoms with van der Waals surface area (Å²) in [5, 5.41) is 0. The second kappa shape index (κ2) is 7.10. The maximum absolute atomic E-state index is 13.6. The number of benzene rings is 2. The molecule has 0 aromatic heterocycles. The van der Waals surface area contributed by atoms with Crippen LogP contribution in [0.15, 0.2) is 54.6 Å². The molecule has 2 aliphatic rings. The molecule has 136 valence electrons. The molecule has 1 amide bonds. The molecular weight excluding hydrogens is 329 g/mol. The maximum Gasteiger partial charge on any atom is 0.233 e. The van der Waals surface area contributed by atoms with Crippen molar-refractivity contribution in [1.29, 1.82) is 0 Å². The Kier molecular flexibility index (Phi) is 4.66. The number of rotatable bonds is 6. The molecule has 0 spiro atoms. The molecule has 3 nitrogen and oxygen atoms in total. The van der Waals surface area contributed by atoms with E-state index in [2.05, 4.69) is 12.1 Å². The first-order valence-electron chi connectivity index (χ1n) is 9.41. The fourth-order valence-corrected chi connectivity index (χ4v) is 3.96. The van der Waals surface area contributed by atoms with Crippen LogP contribution in [0.3, 0.4) is 0 Å². The molecule has 2 aromatic rings. The van der Waals surface area contributed by atoms with E-state index in [1.165, 1.54) is 6.07 Å². The fraction of sp³-hybridized carbons (Fsp3) is 0.409. The molecule has 0 N–H and O–H groups in total. The average Bonchev–Trinajstić information content (AvgIpc) is 3.36. The topological polar surface area (TPSA) is 29.5 Å². The van der Waals surface area contributed by atoms with E-state index in [-0.39, 0.29) is 17.1 Å². The lowest BCUT2D eigenvalue weighted by Crippen LogP contribution is -2.37. The third-order valence-electron chi connectivity index (χ3n) is 5.68. The number of para-hydroxylation sites is 1. The minimum atomic E-state index is -0.325. The summed E-state index contributed by atoms with van der Waals surface area (Å²) in [7, 11) is 0. The quantitative estimate of drug-likeness (QED) is 0.780. The van der Waals surface area contributed by atoms with Crippen LogP contribution in [-0.2, 0) is 10.2 Å². The fourth-order valence-electron chi connectivity index (χ4n) is 3.96. The van der Waals surface area contributed by atoms with Gasteiger partial charge in [0.05, 0.1) is 12.0 Å². The minimum absolute atomic E-state index is 0.278. The van der Waals surface area contributed by atoms with Crippen LogP contribution in [0, 0.1) is 11.7 Å².